The monoisotopic (exact) mass is 624 g/mol. The molecule has 4 aromatic rings. The lowest BCUT2D eigenvalue weighted by Gasteiger charge is -2.49. The fourth-order valence-electron chi connectivity index (χ4n) is 5.26. The Morgan fingerprint density at radius 3 is 2.09 bits per heavy atom. The van der Waals surface area contributed by atoms with Crippen LogP contribution in [0.5, 0.6) is 0 Å². The van der Waals surface area contributed by atoms with E-state index in [1.54, 1.807) is 12.1 Å². The molecule has 222 valence electrons. The summed E-state index contributed by atoms with van der Waals surface area (Å²) in [4.78, 5) is 55.3. The van der Waals surface area contributed by atoms with E-state index in [1.807, 2.05) is 91.0 Å². The van der Waals surface area contributed by atoms with Crippen molar-refractivity contribution in [2.45, 2.75) is 23.9 Å². The minimum Gasteiger partial charge on any atom is -0.465 e. The van der Waals surface area contributed by atoms with Gasteiger partial charge in [-0.1, -0.05) is 91.0 Å². The van der Waals surface area contributed by atoms with Crippen LogP contribution in [-0.2, 0) is 30.3 Å². The SMILES string of the molecule is COC(=O)c1ccc(C2=C(C(=O)OC(c3ccccc3)c3ccccc3)N3C(=O)[C@@H](NC(=O)Cc4ccccc4)[C@H]3SC2)s1. The first-order chi connectivity index (χ1) is 21.4. The number of hydrogen-bond donors (Lipinski definition) is 1. The Labute approximate surface area is 262 Å². The predicted octanol–water partition coefficient (Wildman–Crippen LogP) is 5.22. The van der Waals surface area contributed by atoms with Crippen LogP contribution in [0, 0.1) is 0 Å². The molecule has 2 aliphatic heterocycles. The molecule has 1 saturated heterocycles. The van der Waals surface area contributed by atoms with Crippen LogP contribution in [0.15, 0.2) is 109 Å². The van der Waals surface area contributed by atoms with Gasteiger partial charge in [-0.05, 0) is 28.8 Å². The van der Waals surface area contributed by atoms with Crippen LogP contribution < -0.4 is 5.32 Å². The quantitative estimate of drug-likeness (QED) is 0.201. The van der Waals surface area contributed by atoms with Gasteiger partial charge in [-0.15, -0.1) is 23.1 Å². The number of rotatable bonds is 9. The van der Waals surface area contributed by atoms with E-state index in [0.29, 0.717) is 21.1 Å². The molecule has 6 rings (SSSR count). The number of benzene rings is 3. The summed E-state index contributed by atoms with van der Waals surface area (Å²) in [6.45, 7) is 0. The van der Waals surface area contributed by atoms with Crippen LogP contribution in [0.3, 0.4) is 0 Å². The second-order valence-electron chi connectivity index (χ2n) is 10.2. The van der Waals surface area contributed by atoms with Crippen LogP contribution in [0.25, 0.3) is 5.57 Å². The van der Waals surface area contributed by atoms with Crippen molar-refractivity contribution in [3.63, 3.8) is 0 Å². The van der Waals surface area contributed by atoms with Gasteiger partial charge in [0.15, 0.2) is 6.10 Å². The summed E-state index contributed by atoms with van der Waals surface area (Å²) in [6.07, 6.45) is -0.585. The third kappa shape index (κ3) is 5.91. The maximum Gasteiger partial charge on any atom is 0.356 e. The number of nitrogens with zero attached hydrogens (tertiary/aromatic N) is 1. The number of amides is 2. The molecule has 44 heavy (non-hydrogen) atoms. The second kappa shape index (κ2) is 12.9. The third-order valence-corrected chi connectivity index (χ3v) is 9.81. The highest BCUT2D eigenvalue weighted by Gasteiger charge is 2.55. The largest absolute Gasteiger partial charge is 0.465 e. The number of thiophene rings is 1. The molecular weight excluding hydrogens is 597 g/mol. The Morgan fingerprint density at radius 2 is 1.48 bits per heavy atom. The number of carbonyl (C=O) groups is 4. The third-order valence-electron chi connectivity index (χ3n) is 7.41. The first-order valence-electron chi connectivity index (χ1n) is 13.9. The maximum absolute atomic E-state index is 14.2. The number of ether oxygens (including phenoxy) is 2. The number of nitrogens with one attached hydrogen (secondary N) is 1. The Morgan fingerprint density at radius 1 is 0.864 bits per heavy atom. The van der Waals surface area contributed by atoms with Crippen molar-refractivity contribution in [3.8, 4) is 0 Å². The number of thioether (sulfide) groups is 1. The molecule has 0 radical (unpaired) electrons. The molecule has 1 aromatic heterocycles. The lowest BCUT2D eigenvalue weighted by Crippen LogP contribution is -2.70. The molecule has 2 aliphatic rings. The van der Waals surface area contributed by atoms with Crippen molar-refractivity contribution < 1.29 is 28.7 Å². The van der Waals surface area contributed by atoms with Crippen LogP contribution in [0.4, 0.5) is 0 Å². The first kappa shape index (κ1) is 29.4. The van der Waals surface area contributed by atoms with Crippen LogP contribution >= 0.6 is 23.1 Å². The molecule has 1 N–H and O–H groups in total. The summed E-state index contributed by atoms with van der Waals surface area (Å²) in [5.41, 5.74) is 3.09. The van der Waals surface area contributed by atoms with Crippen molar-refractivity contribution in [2.75, 3.05) is 12.9 Å². The summed E-state index contributed by atoms with van der Waals surface area (Å²) < 4.78 is 11.1. The second-order valence-corrected chi connectivity index (χ2v) is 12.4. The number of carbonyl (C=O) groups excluding carboxylic acids is 4. The zero-order valence-electron chi connectivity index (χ0n) is 23.7. The van der Waals surface area contributed by atoms with Gasteiger partial charge in [-0.25, -0.2) is 9.59 Å². The summed E-state index contributed by atoms with van der Waals surface area (Å²) in [7, 11) is 1.31. The van der Waals surface area contributed by atoms with E-state index in [4.69, 9.17) is 9.47 Å². The molecule has 0 saturated carbocycles. The van der Waals surface area contributed by atoms with Crippen molar-refractivity contribution in [3.05, 3.63) is 135 Å². The topological polar surface area (TPSA) is 102 Å². The molecule has 1 fully saturated rings. The number of esters is 2. The van der Waals surface area contributed by atoms with E-state index in [1.165, 1.54) is 35.1 Å². The number of hydrogen-bond acceptors (Lipinski definition) is 8. The van der Waals surface area contributed by atoms with Gasteiger partial charge in [-0.2, -0.15) is 0 Å². The summed E-state index contributed by atoms with van der Waals surface area (Å²) in [5.74, 6) is -1.45. The van der Waals surface area contributed by atoms with Gasteiger partial charge in [0, 0.05) is 16.2 Å². The average molecular weight is 625 g/mol. The van der Waals surface area contributed by atoms with E-state index >= 15 is 0 Å². The molecule has 0 bridgehead atoms. The fraction of sp³-hybridized carbons (Fsp3) is 0.176. The number of β-lactam (4-membered cyclic amide) rings is 1. The molecule has 2 atom stereocenters. The van der Waals surface area contributed by atoms with Crippen molar-refractivity contribution in [2.24, 2.45) is 0 Å². The maximum atomic E-state index is 14.2. The highest BCUT2D eigenvalue weighted by molar-refractivity contribution is 8.00. The molecule has 0 unspecified atom stereocenters. The van der Waals surface area contributed by atoms with Crippen LogP contribution in [0.1, 0.15) is 37.3 Å². The first-order valence-corrected chi connectivity index (χ1v) is 15.8. The predicted molar refractivity (Wildman–Crippen MR) is 169 cm³/mol. The molecule has 0 aliphatic carbocycles. The molecule has 3 heterocycles. The average Bonchev–Trinajstić information content (AvgIpc) is 3.56. The van der Waals surface area contributed by atoms with Crippen molar-refractivity contribution in [1.29, 1.82) is 0 Å². The van der Waals surface area contributed by atoms with Crippen molar-refractivity contribution >= 4 is 52.4 Å². The summed E-state index contributed by atoms with van der Waals surface area (Å²) >= 11 is 2.63. The normalized spacial score (nSPS) is 17.5. The van der Waals surface area contributed by atoms with E-state index < -0.39 is 35.4 Å². The highest BCUT2D eigenvalue weighted by atomic mass is 32.2. The number of fused-ring (bicyclic) bond motifs is 1. The standard InChI is InChI=1S/C34H28N2O6S2/c1-41-33(39)26-18-17-25(44-26)24-20-43-32-28(35-27(37)19-21-11-5-2-6-12-21)31(38)36(32)29(24)34(40)42-30(22-13-7-3-8-14-22)23-15-9-4-10-16-23/h2-18,28,30,32H,19-20H2,1H3,(H,35,37)/t28-,32-/m1/s1. The minimum atomic E-state index is -0.784. The molecular formula is C34H28N2O6S2. The van der Waals surface area contributed by atoms with E-state index in [-0.39, 0.29) is 18.0 Å². The Balaban J connectivity index is 1.32. The summed E-state index contributed by atoms with van der Waals surface area (Å²) in [5, 5.41) is 2.38. The lowest BCUT2D eigenvalue weighted by molar-refractivity contribution is -0.154. The van der Waals surface area contributed by atoms with Gasteiger partial charge in [0.2, 0.25) is 5.91 Å². The van der Waals surface area contributed by atoms with Crippen LogP contribution in [-0.4, -0.2) is 52.9 Å². The summed E-state index contributed by atoms with van der Waals surface area (Å²) in [6, 6.07) is 30.7. The smallest absolute Gasteiger partial charge is 0.356 e. The fourth-order valence-corrected chi connectivity index (χ4v) is 7.68. The van der Waals surface area contributed by atoms with E-state index in [0.717, 1.165) is 16.7 Å². The van der Waals surface area contributed by atoms with Crippen LogP contribution in [0.2, 0.25) is 0 Å². The lowest BCUT2D eigenvalue weighted by atomic mass is 10.00. The van der Waals surface area contributed by atoms with Gasteiger partial charge >= 0.3 is 11.9 Å². The van der Waals surface area contributed by atoms with E-state index in [2.05, 4.69) is 5.32 Å². The van der Waals surface area contributed by atoms with Gasteiger partial charge in [0.25, 0.3) is 5.91 Å². The van der Waals surface area contributed by atoms with Gasteiger partial charge < -0.3 is 14.8 Å². The Hall–Kier alpha value is -4.67. The van der Waals surface area contributed by atoms with E-state index in [9.17, 15) is 19.2 Å². The minimum absolute atomic E-state index is 0.113. The molecule has 3 aromatic carbocycles. The molecule has 2 amide bonds. The van der Waals surface area contributed by atoms with Gasteiger partial charge in [-0.3, -0.25) is 14.5 Å². The Kier molecular flexibility index (Phi) is 8.63. The molecule has 8 nitrogen and oxygen atoms in total. The zero-order valence-corrected chi connectivity index (χ0v) is 25.3. The van der Waals surface area contributed by atoms with Gasteiger partial charge in [0.05, 0.1) is 13.5 Å². The highest BCUT2D eigenvalue weighted by Crippen LogP contribution is 2.45. The van der Waals surface area contributed by atoms with Crippen molar-refractivity contribution in [1.82, 2.24) is 10.2 Å². The Bertz CT molecular complexity index is 1680. The molecule has 0 spiro atoms. The van der Waals surface area contributed by atoms with Gasteiger partial charge in [0.1, 0.15) is 22.0 Å². The zero-order chi connectivity index (χ0) is 30.6. The molecule has 10 heteroatoms. The number of methoxy groups -OCH3 is 1.